The van der Waals surface area contributed by atoms with Crippen molar-refractivity contribution in [3.63, 3.8) is 0 Å². The van der Waals surface area contributed by atoms with Crippen molar-refractivity contribution in [2.24, 2.45) is 5.92 Å². The van der Waals surface area contributed by atoms with Gasteiger partial charge < -0.3 is 4.57 Å². The molecule has 158 valence electrons. The highest BCUT2D eigenvalue weighted by molar-refractivity contribution is 5.20. The van der Waals surface area contributed by atoms with Gasteiger partial charge in [0.25, 0.3) is 0 Å². The van der Waals surface area contributed by atoms with Crippen LogP contribution in [0.2, 0.25) is 0 Å². The molecule has 4 rings (SSSR count). The molecule has 2 heterocycles. The van der Waals surface area contributed by atoms with Gasteiger partial charge in [-0.3, -0.25) is 4.90 Å². The van der Waals surface area contributed by atoms with E-state index >= 15 is 0 Å². The third-order valence-electron chi connectivity index (χ3n) is 5.88. The number of aromatic nitrogens is 2. The van der Waals surface area contributed by atoms with E-state index in [0.29, 0.717) is 24.6 Å². The largest absolute Gasteiger partial charge is 0.328 e. The second kappa shape index (κ2) is 9.04. The Balaban J connectivity index is 1.42. The summed E-state index contributed by atoms with van der Waals surface area (Å²) in [6, 6.07) is 10.4. The smallest absolute Gasteiger partial charge is 0.130 e. The van der Waals surface area contributed by atoms with Gasteiger partial charge in [0.2, 0.25) is 0 Å². The molecule has 30 heavy (non-hydrogen) atoms. The summed E-state index contributed by atoms with van der Waals surface area (Å²) in [4.78, 5) is 6.87. The maximum absolute atomic E-state index is 14.0. The first kappa shape index (κ1) is 20.7. The van der Waals surface area contributed by atoms with Crippen molar-refractivity contribution in [3.05, 3.63) is 88.8 Å². The molecule has 1 saturated heterocycles. The van der Waals surface area contributed by atoms with E-state index in [-0.39, 0.29) is 5.82 Å². The average molecular weight is 413 g/mol. The normalized spacial score (nSPS) is 17.4. The molecule has 3 nitrogen and oxygen atoms in total. The van der Waals surface area contributed by atoms with Crippen LogP contribution in [0, 0.1) is 30.3 Å². The minimum Gasteiger partial charge on any atom is -0.328 e. The molecule has 3 aromatic rings. The number of aryl methyl sites for hydroxylation is 1. The second-order valence-corrected chi connectivity index (χ2v) is 8.21. The third kappa shape index (κ3) is 4.93. The molecule has 1 aromatic heterocycles. The van der Waals surface area contributed by atoms with Crippen LogP contribution in [0.1, 0.15) is 35.5 Å². The number of imidazole rings is 1. The first-order chi connectivity index (χ1) is 14.5. The first-order valence-corrected chi connectivity index (χ1v) is 10.4. The van der Waals surface area contributed by atoms with E-state index in [2.05, 4.69) is 14.5 Å². The zero-order valence-electron chi connectivity index (χ0n) is 17.1. The molecule has 0 spiro atoms. The molecule has 0 amide bonds. The number of likely N-dealkylation sites (tertiary alicyclic amines) is 1. The number of halogens is 3. The zero-order chi connectivity index (χ0) is 21.1. The van der Waals surface area contributed by atoms with Gasteiger partial charge in [0, 0.05) is 49.6 Å². The molecule has 0 N–H and O–H groups in total. The Labute approximate surface area is 175 Å². The summed E-state index contributed by atoms with van der Waals surface area (Å²) in [5.41, 5.74) is 2.65. The fourth-order valence-electron chi connectivity index (χ4n) is 4.27. The van der Waals surface area contributed by atoms with Gasteiger partial charge in [-0.2, -0.15) is 0 Å². The van der Waals surface area contributed by atoms with Crippen LogP contribution in [0.5, 0.6) is 0 Å². The molecular formula is C24H26F3N3. The number of benzene rings is 2. The molecule has 1 aliphatic heterocycles. The van der Waals surface area contributed by atoms with E-state index in [9.17, 15) is 13.2 Å². The molecule has 0 saturated carbocycles. The Morgan fingerprint density at radius 3 is 2.53 bits per heavy atom. The number of rotatable bonds is 6. The summed E-state index contributed by atoms with van der Waals surface area (Å²) in [6.07, 6.45) is 4.88. The maximum atomic E-state index is 14.0. The molecule has 1 fully saturated rings. The van der Waals surface area contributed by atoms with Crippen LogP contribution in [0.3, 0.4) is 0 Å². The summed E-state index contributed by atoms with van der Waals surface area (Å²) in [5, 5.41) is 0. The molecule has 2 aromatic carbocycles. The van der Waals surface area contributed by atoms with Crippen molar-refractivity contribution in [2.45, 2.75) is 39.3 Å². The van der Waals surface area contributed by atoms with Gasteiger partial charge in [-0.05, 0) is 56.0 Å². The molecule has 0 bridgehead atoms. The lowest BCUT2D eigenvalue weighted by Gasteiger charge is -2.33. The van der Waals surface area contributed by atoms with Crippen molar-refractivity contribution in [3.8, 4) is 0 Å². The zero-order valence-corrected chi connectivity index (χ0v) is 17.1. The van der Waals surface area contributed by atoms with Gasteiger partial charge in [0.15, 0.2) is 0 Å². The van der Waals surface area contributed by atoms with Crippen molar-refractivity contribution in [1.82, 2.24) is 14.5 Å². The van der Waals surface area contributed by atoms with E-state index in [1.165, 1.54) is 24.3 Å². The predicted molar refractivity (Wildman–Crippen MR) is 111 cm³/mol. The second-order valence-electron chi connectivity index (χ2n) is 8.21. The molecular weight excluding hydrogens is 387 g/mol. The lowest BCUT2D eigenvalue weighted by atomic mass is 9.94. The van der Waals surface area contributed by atoms with E-state index in [1.807, 2.05) is 13.1 Å². The third-order valence-corrected chi connectivity index (χ3v) is 5.88. The van der Waals surface area contributed by atoms with Crippen LogP contribution in [0.25, 0.3) is 0 Å². The quantitative estimate of drug-likeness (QED) is 0.560. The van der Waals surface area contributed by atoms with Gasteiger partial charge in [-0.1, -0.05) is 18.2 Å². The SMILES string of the molecule is Cc1cnc(CC2CCCN(Cc3ccc(F)cc3F)C2)n1Cc1ccc(F)cc1. The molecule has 0 radical (unpaired) electrons. The van der Waals surface area contributed by atoms with Gasteiger partial charge in [-0.15, -0.1) is 0 Å². The maximum Gasteiger partial charge on any atom is 0.130 e. The highest BCUT2D eigenvalue weighted by Crippen LogP contribution is 2.24. The highest BCUT2D eigenvalue weighted by atomic mass is 19.1. The first-order valence-electron chi connectivity index (χ1n) is 10.4. The van der Waals surface area contributed by atoms with Crippen molar-refractivity contribution in [1.29, 1.82) is 0 Å². The minimum absolute atomic E-state index is 0.235. The van der Waals surface area contributed by atoms with E-state index in [4.69, 9.17) is 0 Å². The number of nitrogens with zero attached hydrogens (tertiary/aromatic N) is 3. The molecule has 1 unspecified atom stereocenters. The number of hydrogen-bond acceptors (Lipinski definition) is 2. The molecule has 0 aliphatic carbocycles. The van der Waals surface area contributed by atoms with Crippen LogP contribution < -0.4 is 0 Å². The standard InChI is InChI=1S/C24H26F3N3/c1-17-13-28-24(30(17)15-18-4-7-21(25)8-5-18)11-19-3-2-10-29(14-19)16-20-6-9-22(26)12-23(20)27/h4-9,12-13,19H,2-3,10-11,14-16H2,1H3. The summed E-state index contributed by atoms with van der Waals surface area (Å²) in [5.74, 6) is 0.188. The van der Waals surface area contributed by atoms with Crippen molar-refractivity contribution < 1.29 is 13.2 Å². The Morgan fingerprint density at radius 2 is 1.77 bits per heavy atom. The fourth-order valence-corrected chi connectivity index (χ4v) is 4.27. The van der Waals surface area contributed by atoms with Crippen molar-refractivity contribution >= 4 is 0 Å². The number of hydrogen-bond donors (Lipinski definition) is 0. The van der Waals surface area contributed by atoms with Crippen LogP contribution in [0.15, 0.2) is 48.7 Å². The van der Waals surface area contributed by atoms with Crippen molar-refractivity contribution in [2.75, 3.05) is 13.1 Å². The van der Waals surface area contributed by atoms with Gasteiger partial charge in [0.1, 0.15) is 23.3 Å². The van der Waals surface area contributed by atoms with Gasteiger partial charge in [-0.25, -0.2) is 18.2 Å². The Morgan fingerprint density at radius 1 is 1.00 bits per heavy atom. The fraction of sp³-hybridized carbons (Fsp3) is 0.375. The summed E-state index contributed by atoms with van der Waals surface area (Å²) >= 11 is 0. The van der Waals surface area contributed by atoms with Crippen LogP contribution in [-0.2, 0) is 19.5 Å². The predicted octanol–water partition coefficient (Wildman–Crippen LogP) is 5.11. The topological polar surface area (TPSA) is 21.1 Å². The summed E-state index contributed by atoms with van der Waals surface area (Å²) < 4.78 is 42.6. The Kier molecular flexibility index (Phi) is 6.23. The summed E-state index contributed by atoms with van der Waals surface area (Å²) in [7, 11) is 0. The van der Waals surface area contributed by atoms with E-state index in [0.717, 1.165) is 55.5 Å². The van der Waals surface area contributed by atoms with E-state index < -0.39 is 11.6 Å². The van der Waals surface area contributed by atoms with Gasteiger partial charge in [0.05, 0.1) is 0 Å². The van der Waals surface area contributed by atoms with Crippen LogP contribution in [0.4, 0.5) is 13.2 Å². The van der Waals surface area contributed by atoms with Crippen LogP contribution in [-0.4, -0.2) is 27.5 Å². The molecule has 1 aliphatic rings. The minimum atomic E-state index is -0.545. The highest BCUT2D eigenvalue weighted by Gasteiger charge is 2.23. The Hall–Kier alpha value is -2.60. The molecule has 6 heteroatoms. The monoisotopic (exact) mass is 413 g/mol. The molecule has 1 atom stereocenters. The average Bonchev–Trinajstić information content (AvgIpc) is 3.05. The number of piperidine rings is 1. The lowest BCUT2D eigenvalue weighted by molar-refractivity contribution is 0.163. The van der Waals surface area contributed by atoms with Crippen LogP contribution >= 0.6 is 0 Å². The lowest BCUT2D eigenvalue weighted by Crippen LogP contribution is -2.36. The van der Waals surface area contributed by atoms with Gasteiger partial charge >= 0.3 is 0 Å². The summed E-state index contributed by atoms with van der Waals surface area (Å²) in [6.45, 7) is 4.96. The Bertz CT molecular complexity index is 997. The van der Waals surface area contributed by atoms with E-state index in [1.54, 1.807) is 12.1 Å².